The minimum Gasteiger partial charge on any atom is -0.345 e. The second-order valence-electron chi connectivity index (χ2n) is 5.60. The van der Waals surface area contributed by atoms with Crippen molar-refractivity contribution in [2.45, 2.75) is 32.7 Å². The molecule has 2 fully saturated rings. The van der Waals surface area contributed by atoms with E-state index >= 15 is 0 Å². The molecular formula is C14H23ClN4OS. The van der Waals surface area contributed by atoms with Gasteiger partial charge in [-0.15, -0.1) is 23.7 Å². The lowest BCUT2D eigenvalue weighted by Crippen LogP contribution is -2.53. The molecule has 5 nitrogen and oxygen atoms in total. The molecule has 2 aliphatic rings. The van der Waals surface area contributed by atoms with Gasteiger partial charge in [-0.05, 0) is 33.2 Å². The van der Waals surface area contributed by atoms with Crippen LogP contribution in [0, 0.1) is 13.8 Å². The quantitative estimate of drug-likeness (QED) is 0.894. The highest BCUT2D eigenvalue weighted by molar-refractivity contribution is 7.15. The van der Waals surface area contributed by atoms with E-state index in [1.54, 1.807) is 11.3 Å². The molecule has 0 saturated carbocycles. The predicted molar refractivity (Wildman–Crippen MR) is 88.7 cm³/mol. The number of anilines is 1. The van der Waals surface area contributed by atoms with Crippen LogP contribution in [0.3, 0.4) is 0 Å². The fourth-order valence-corrected chi connectivity index (χ4v) is 3.79. The number of aryl methyl sites for hydroxylation is 2. The first-order chi connectivity index (χ1) is 9.65. The summed E-state index contributed by atoms with van der Waals surface area (Å²) < 4.78 is 0. The zero-order valence-corrected chi connectivity index (χ0v) is 14.2. The van der Waals surface area contributed by atoms with Crippen molar-refractivity contribution >= 4 is 34.8 Å². The number of carbonyl (C=O) groups is 1. The highest BCUT2D eigenvalue weighted by Crippen LogP contribution is 2.26. The number of aromatic nitrogens is 1. The highest BCUT2D eigenvalue weighted by Gasteiger charge is 2.29. The van der Waals surface area contributed by atoms with Crippen LogP contribution in [0.4, 0.5) is 5.13 Å². The number of amides is 1. The van der Waals surface area contributed by atoms with E-state index in [1.807, 2.05) is 4.90 Å². The largest absolute Gasteiger partial charge is 0.345 e. The van der Waals surface area contributed by atoms with Crippen LogP contribution >= 0.6 is 23.7 Å². The van der Waals surface area contributed by atoms with E-state index < -0.39 is 0 Å². The molecule has 7 heteroatoms. The molecule has 118 valence electrons. The summed E-state index contributed by atoms with van der Waals surface area (Å²) in [6, 6.07) is 0.0610. The number of halogens is 1. The molecule has 0 aromatic carbocycles. The van der Waals surface area contributed by atoms with E-state index in [2.05, 4.69) is 29.0 Å². The van der Waals surface area contributed by atoms with E-state index in [-0.39, 0.29) is 24.4 Å². The Balaban J connectivity index is 0.00000161. The third-order valence-corrected chi connectivity index (χ3v) is 5.37. The maximum atomic E-state index is 12.3. The Hall–Kier alpha value is -0.850. The summed E-state index contributed by atoms with van der Waals surface area (Å²) in [5.41, 5.74) is 1.12. The van der Waals surface area contributed by atoms with Crippen molar-refractivity contribution in [1.82, 2.24) is 15.2 Å². The number of hydrogen-bond acceptors (Lipinski definition) is 5. The summed E-state index contributed by atoms with van der Waals surface area (Å²) >= 11 is 1.75. The number of thiazole rings is 1. The van der Waals surface area contributed by atoms with Gasteiger partial charge in [-0.2, -0.15) is 0 Å². The lowest BCUT2D eigenvalue weighted by molar-refractivity contribution is -0.133. The molecule has 1 N–H and O–H groups in total. The molecule has 21 heavy (non-hydrogen) atoms. The summed E-state index contributed by atoms with van der Waals surface area (Å²) in [5, 5.41) is 4.40. The zero-order chi connectivity index (χ0) is 14.1. The Labute approximate surface area is 136 Å². The lowest BCUT2D eigenvalue weighted by Gasteiger charge is -2.35. The molecule has 1 atom stereocenters. The first-order valence-corrected chi connectivity index (χ1v) is 8.18. The summed E-state index contributed by atoms with van der Waals surface area (Å²) in [5.74, 6) is 0.286. The summed E-state index contributed by atoms with van der Waals surface area (Å²) in [7, 11) is 0. The summed E-state index contributed by atoms with van der Waals surface area (Å²) in [6.07, 6.45) is 2.11. The van der Waals surface area contributed by atoms with Gasteiger partial charge in [-0.1, -0.05) is 0 Å². The standard InChI is InChI=1S/C14H22N4OS.ClH/c1-10-11(2)20-14(16-10)18-8-6-17(7-9-18)13(19)12-4-3-5-15-12;/h12,15H,3-9H2,1-2H3;1H. The van der Waals surface area contributed by atoms with Crippen molar-refractivity contribution in [3.05, 3.63) is 10.6 Å². The molecule has 0 spiro atoms. The van der Waals surface area contributed by atoms with Gasteiger partial charge in [0.1, 0.15) is 0 Å². The van der Waals surface area contributed by atoms with Gasteiger partial charge in [-0.25, -0.2) is 4.98 Å². The Kier molecular flexibility index (Phi) is 5.46. The van der Waals surface area contributed by atoms with Crippen molar-refractivity contribution in [2.24, 2.45) is 0 Å². The number of piperazine rings is 1. The molecule has 3 rings (SSSR count). The van der Waals surface area contributed by atoms with Crippen LogP contribution in [-0.4, -0.2) is 54.6 Å². The van der Waals surface area contributed by atoms with Crippen LogP contribution in [0.25, 0.3) is 0 Å². The maximum absolute atomic E-state index is 12.3. The van der Waals surface area contributed by atoms with Crippen molar-refractivity contribution in [2.75, 3.05) is 37.6 Å². The fourth-order valence-electron chi connectivity index (χ4n) is 2.82. The fraction of sp³-hybridized carbons (Fsp3) is 0.714. The summed E-state index contributed by atoms with van der Waals surface area (Å²) in [6.45, 7) is 8.57. The monoisotopic (exact) mass is 330 g/mol. The summed E-state index contributed by atoms with van der Waals surface area (Å²) in [4.78, 5) is 22.5. The molecule has 3 heterocycles. The number of carbonyl (C=O) groups excluding carboxylic acids is 1. The lowest BCUT2D eigenvalue weighted by atomic mass is 10.2. The van der Waals surface area contributed by atoms with Crippen molar-refractivity contribution < 1.29 is 4.79 Å². The Morgan fingerprint density at radius 1 is 1.29 bits per heavy atom. The number of rotatable bonds is 2. The van der Waals surface area contributed by atoms with E-state index in [0.29, 0.717) is 0 Å². The number of hydrogen-bond donors (Lipinski definition) is 1. The SMILES string of the molecule is Cc1nc(N2CCN(C(=O)C3CCCN3)CC2)sc1C.Cl. The Morgan fingerprint density at radius 3 is 2.52 bits per heavy atom. The van der Waals surface area contributed by atoms with Crippen molar-refractivity contribution in [3.63, 3.8) is 0 Å². The molecule has 0 aliphatic carbocycles. The molecule has 1 amide bonds. The first-order valence-electron chi connectivity index (χ1n) is 7.36. The molecule has 2 aliphatic heterocycles. The van der Waals surface area contributed by atoms with Crippen LogP contribution in [0.2, 0.25) is 0 Å². The molecule has 1 aromatic heterocycles. The van der Waals surface area contributed by atoms with Crippen LogP contribution in [0.1, 0.15) is 23.4 Å². The van der Waals surface area contributed by atoms with Crippen LogP contribution < -0.4 is 10.2 Å². The van der Waals surface area contributed by atoms with Gasteiger partial charge in [0.05, 0.1) is 11.7 Å². The second-order valence-corrected chi connectivity index (χ2v) is 6.78. The van der Waals surface area contributed by atoms with Crippen molar-refractivity contribution in [3.8, 4) is 0 Å². The Bertz CT molecular complexity index is 474. The van der Waals surface area contributed by atoms with E-state index in [1.165, 1.54) is 4.88 Å². The molecule has 1 unspecified atom stereocenters. The topological polar surface area (TPSA) is 48.5 Å². The smallest absolute Gasteiger partial charge is 0.239 e. The average molecular weight is 331 g/mol. The van der Waals surface area contributed by atoms with Gasteiger partial charge in [0, 0.05) is 31.1 Å². The molecule has 0 radical (unpaired) electrons. The van der Waals surface area contributed by atoms with Gasteiger partial charge in [0.15, 0.2) is 5.13 Å². The van der Waals surface area contributed by atoms with E-state index in [4.69, 9.17) is 0 Å². The van der Waals surface area contributed by atoms with Gasteiger partial charge >= 0.3 is 0 Å². The minimum atomic E-state index is 0. The van der Waals surface area contributed by atoms with Gasteiger partial charge in [0.2, 0.25) is 5.91 Å². The van der Waals surface area contributed by atoms with Crippen LogP contribution in [-0.2, 0) is 4.79 Å². The number of nitrogens with zero attached hydrogens (tertiary/aromatic N) is 3. The minimum absolute atomic E-state index is 0. The highest BCUT2D eigenvalue weighted by atomic mass is 35.5. The third kappa shape index (κ3) is 3.49. The Morgan fingerprint density at radius 2 is 2.00 bits per heavy atom. The maximum Gasteiger partial charge on any atom is 0.239 e. The van der Waals surface area contributed by atoms with Crippen LogP contribution in [0.5, 0.6) is 0 Å². The first kappa shape index (κ1) is 16.5. The number of nitrogens with one attached hydrogen (secondary N) is 1. The zero-order valence-electron chi connectivity index (χ0n) is 12.6. The van der Waals surface area contributed by atoms with E-state index in [9.17, 15) is 4.79 Å². The van der Waals surface area contributed by atoms with Gasteiger partial charge in [0.25, 0.3) is 0 Å². The second kappa shape index (κ2) is 6.94. The van der Waals surface area contributed by atoms with Crippen molar-refractivity contribution in [1.29, 1.82) is 0 Å². The molecular weight excluding hydrogens is 308 g/mol. The van der Waals surface area contributed by atoms with Gasteiger partial charge in [-0.3, -0.25) is 4.79 Å². The normalized spacial score (nSPS) is 22.3. The van der Waals surface area contributed by atoms with Gasteiger partial charge < -0.3 is 15.1 Å². The molecule has 0 bridgehead atoms. The average Bonchev–Trinajstić information content (AvgIpc) is 3.09. The molecule has 2 saturated heterocycles. The third-order valence-electron chi connectivity index (χ3n) is 4.24. The van der Waals surface area contributed by atoms with Crippen LogP contribution in [0.15, 0.2) is 0 Å². The predicted octanol–water partition coefficient (Wildman–Crippen LogP) is 1.58. The molecule has 1 aromatic rings. The van der Waals surface area contributed by atoms with E-state index in [0.717, 1.165) is 56.4 Å².